The molecule has 2 saturated carbocycles. The second-order valence-electron chi connectivity index (χ2n) is 13.8. The molecule has 0 bridgehead atoms. The quantitative estimate of drug-likeness (QED) is 0.221. The van der Waals surface area contributed by atoms with E-state index in [-0.39, 0.29) is 37.1 Å². The molecule has 4 N–H and O–H groups in total. The van der Waals surface area contributed by atoms with Crippen LogP contribution in [0.1, 0.15) is 180 Å². The highest BCUT2D eigenvalue weighted by molar-refractivity contribution is 5.19. The van der Waals surface area contributed by atoms with Gasteiger partial charge in [-0.1, -0.05) is 77.7 Å². The van der Waals surface area contributed by atoms with Crippen molar-refractivity contribution in [1.82, 2.24) is 31.2 Å². The summed E-state index contributed by atoms with van der Waals surface area (Å²) in [5.74, 6) is 0.908. The van der Waals surface area contributed by atoms with Crippen molar-refractivity contribution < 1.29 is 17.9 Å². The molecule has 3 fully saturated rings. The molecule has 1 aliphatic heterocycles. The van der Waals surface area contributed by atoms with Crippen LogP contribution in [0.3, 0.4) is 0 Å². The zero-order valence-electron chi connectivity index (χ0n) is 31.7. The van der Waals surface area contributed by atoms with Crippen LogP contribution in [0.25, 0.3) is 0 Å². The highest BCUT2D eigenvalue weighted by Gasteiger charge is 2.25. The van der Waals surface area contributed by atoms with Gasteiger partial charge >= 0.3 is 6.18 Å². The summed E-state index contributed by atoms with van der Waals surface area (Å²) in [5, 5.41) is 12.2. The van der Waals surface area contributed by atoms with Gasteiger partial charge in [-0.25, -0.2) is 9.97 Å². The molecule has 1 saturated heterocycles. The molecule has 7 nitrogen and oxygen atoms in total. The van der Waals surface area contributed by atoms with Crippen LogP contribution in [0.15, 0.2) is 6.20 Å². The van der Waals surface area contributed by atoms with Crippen LogP contribution in [0, 0.1) is 6.92 Å². The number of hydrogen-bond donors (Lipinski definition) is 4. The Morgan fingerprint density at radius 2 is 1.23 bits per heavy atom. The van der Waals surface area contributed by atoms with E-state index in [1.165, 1.54) is 88.3 Å². The van der Waals surface area contributed by atoms with Crippen molar-refractivity contribution in [3.8, 4) is 0 Å². The van der Waals surface area contributed by atoms with Crippen LogP contribution >= 0.6 is 0 Å². The molecular weight excluding hydrogens is 661 g/mol. The van der Waals surface area contributed by atoms with Gasteiger partial charge in [-0.15, -0.1) is 0 Å². The Morgan fingerprint density at radius 1 is 0.712 bits per heavy atom. The minimum Gasteiger partial charge on any atom is -0.379 e. The van der Waals surface area contributed by atoms with E-state index in [0.29, 0.717) is 18.2 Å². The Bertz CT molecular complexity index is 851. The number of alkyl halides is 3. The van der Waals surface area contributed by atoms with Gasteiger partial charge in [0.15, 0.2) is 0 Å². The second-order valence-corrected chi connectivity index (χ2v) is 13.8. The third-order valence-corrected chi connectivity index (χ3v) is 7.79. The maximum Gasteiger partial charge on any atom is 0.401 e. The molecule has 318 valence electrons. The SMILES string of the molecule is C.C.C.C.C.CC1CCCCO1.CCNC(C)(C)C.CCNC1CC1.CCNC1CCCC1.CCNCC(F)(F)F.Cc1ncc2c(n1)CCCC2. The summed E-state index contributed by atoms with van der Waals surface area (Å²) in [5.41, 5.74) is 2.94. The van der Waals surface area contributed by atoms with Crippen LogP contribution in [0.5, 0.6) is 0 Å². The van der Waals surface area contributed by atoms with Crippen LogP contribution in [0.4, 0.5) is 13.2 Å². The first-order chi connectivity index (χ1) is 22.2. The fraction of sp³-hybridized carbons (Fsp3) is 0.905. The number of fused-ring (bicyclic) bond motifs is 1. The minimum absolute atomic E-state index is 0. The van der Waals surface area contributed by atoms with Crippen molar-refractivity contribution in [3.63, 3.8) is 0 Å². The second kappa shape index (κ2) is 38.0. The molecule has 1 atom stereocenters. The Hall–Kier alpha value is -1.33. The van der Waals surface area contributed by atoms with Crippen LogP contribution in [-0.2, 0) is 17.6 Å². The number of rotatable bonds is 7. The lowest BCUT2D eigenvalue weighted by Crippen LogP contribution is -2.35. The van der Waals surface area contributed by atoms with Crippen molar-refractivity contribution in [1.29, 1.82) is 0 Å². The lowest BCUT2D eigenvalue weighted by Gasteiger charge is -2.18. The monoisotopic (exact) mass is 755 g/mol. The van der Waals surface area contributed by atoms with Gasteiger partial charge in [-0.05, 0) is 137 Å². The number of aromatic nitrogens is 2. The van der Waals surface area contributed by atoms with Gasteiger partial charge in [0, 0.05) is 36.1 Å². The zero-order chi connectivity index (χ0) is 35.6. The highest BCUT2D eigenvalue weighted by Crippen LogP contribution is 2.19. The molecule has 0 radical (unpaired) electrons. The summed E-state index contributed by atoms with van der Waals surface area (Å²) in [4.78, 5) is 8.58. The molecule has 4 aliphatic rings. The third kappa shape index (κ3) is 41.4. The summed E-state index contributed by atoms with van der Waals surface area (Å²) < 4.78 is 38.8. The predicted molar refractivity (Wildman–Crippen MR) is 227 cm³/mol. The average molecular weight is 755 g/mol. The predicted octanol–water partition coefficient (Wildman–Crippen LogP) is 11.3. The Labute approximate surface area is 324 Å². The summed E-state index contributed by atoms with van der Waals surface area (Å²) in [6, 6.07) is 1.76. The van der Waals surface area contributed by atoms with E-state index in [4.69, 9.17) is 4.74 Å². The molecule has 52 heavy (non-hydrogen) atoms. The lowest BCUT2D eigenvalue weighted by molar-refractivity contribution is -0.124. The maximum absolute atomic E-state index is 11.2. The largest absolute Gasteiger partial charge is 0.401 e. The number of hydrogen-bond acceptors (Lipinski definition) is 7. The number of aryl methyl sites for hydroxylation is 3. The molecule has 1 aromatic rings. The Morgan fingerprint density at radius 3 is 1.56 bits per heavy atom. The molecule has 2 heterocycles. The van der Waals surface area contributed by atoms with Gasteiger partial charge in [-0.2, -0.15) is 13.2 Å². The highest BCUT2D eigenvalue weighted by atomic mass is 19.4. The van der Waals surface area contributed by atoms with Gasteiger partial charge < -0.3 is 26.0 Å². The molecule has 0 amide bonds. The molecule has 0 spiro atoms. The normalized spacial score (nSPS) is 17.2. The van der Waals surface area contributed by atoms with Crippen molar-refractivity contribution in [3.05, 3.63) is 23.3 Å². The molecular formula is C42H93F3N6O. The van der Waals surface area contributed by atoms with Gasteiger partial charge in [0.05, 0.1) is 12.6 Å². The number of nitrogens with zero attached hydrogens (tertiary/aromatic N) is 2. The topological polar surface area (TPSA) is 83.1 Å². The fourth-order valence-electron chi connectivity index (χ4n) is 5.27. The molecule has 10 heteroatoms. The Kier molecular flexibility index (Phi) is 45.7. The van der Waals surface area contributed by atoms with E-state index in [2.05, 4.69) is 79.7 Å². The lowest BCUT2D eigenvalue weighted by atomic mass is 9.98. The smallest absolute Gasteiger partial charge is 0.379 e. The first kappa shape index (κ1) is 62.6. The van der Waals surface area contributed by atoms with E-state index >= 15 is 0 Å². The van der Waals surface area contributed by atoms with Gasteiger partial charge in [0.1, 0.15) is 5.82 Å². The van der Waals surface area contributed by atoms with Crippen molar-refractivity contribution in [2.75, 3.05) is 39.3 Å². The number of ether oxygens (including phenoxy) is 1. The first-order valence-electron chi connectivity index (χ1n) is 18.7. The molecule has 1 aromatic heterocycles. The first-order valence-corrected chi connectivity index (χ1v) is 18.7. The summed E-state index contributed by atoms with van der Waals surface area (Å²) in [7, 11) is 0. The van der Waals surface area contributed by atoms with Gasteiger partial charge in [0.2, 0.25) is 0 Å². The zero-order valence-corrected chi connectivity index (χ0v) is 31.7. The summed E-state index contributed by atoms with van der Waals surface area (Å²) in [6.45, 7) is 22.5. The van der Waals surface area contributed by atoms with Crippen molar-refractivity contribution >= 4 is 0 Å². The van der Waals surface area contributed by atoms with E-state index in [1.54, 1.807) is 6.92 Å². The average Bonchev–Trinajstić information content (AvgIpc) is 3.69. The molecule has 3 aliphatic carbocycles. The van der Waals surface area contributed by atoms with E-state index < -0.39 is 12.7 Å². The van der Waals surface area contributed by atoms with Crippen molar-refractivity contribution in [2.24, 2.45) is 0 Å². The minimum atomic E-state index is -4.06. The third-order valence-electron chi connectivity index (χ3n) is 7.79. The summed E-state index contributed by atoms with van der Waals surface area (Å²) in [6.07, 6.45) is 15.8. The fourth-order valence-corrected chi connectivity index (χ4v) is 5.27. The molecule has 0 aromatic carbocycles. The van der Waals surface area contributed by atoms with E-state index in [9.17, 15) is 13.2 Å². The summed E-state index contributed by atoms with van der Waals surface area (Å²) >= 11 is 0. The van der Waals surface area contributed by atoms with Crippen molar-refractivity contribution in [2.45, 2.75) is 213 Å². The van der Waals surface area contributed by atoms with E-state index in [1.807, 2.05) is 13.1 Å². The van der Waals surface area contributed by atoms with Crippen LogP contribution in [0.2, 0.25) is 0 Å². The van der Waals surface area contributed by atoms with Gasteiger partial charge in [0.25, 0.3) is 0 Å². The number of nitrogens with one attached hydrogen (secondary N) is 4. The standard InChI is InChI=1S/C9H12N2.C7H15N.C6H15N.C6H12O.C5H11N.C4H8F3N.5CH4/c1-7-10-6-8-4-2-3-5-9(8)11-7;1-2-8-7-5-3-4-6-7;1-5-7-6(2,3)4;1-6-4-2-3-5-7-6;1-2-6-5-3-4-5;1-2-8-3-4(5,6)7;;;;;/h6H,2-5H2,1H3;7-8H,2-6H2,1H3;7H,5H2,1-4H3;6H,2-5H2,1H3;5-6H,2-4H2,1H3;8H,2-3H2,1H3;5*1H4. The Balaban J connectivity index is -0.000000121. The van der Waals surface area contributed by atoms with E-state index in [0.717, 1.165) is 50.6 Å². The molecule has 5 rings (SSSR count). The van der Waals surface area contributed by atoms with Crippen LogP contribution < -0.4 is 21.3 Å². The maximum atomic E-state index is 11.2. The number of halogens is 3. The van der Waals surface area contributed by atoms with Gasteiger partial charge in [-0.3, -0.25) is 0 Å². The van der Waals surface area contributed by atoms with Crippen LogP contribution in [-0.4, -0.2) is 79.2 Å². The molecule has 1 unspecified atom stereocenters.